The molecule has 0 aromatic rings. The van der Waals surface area contributed by atoms with Crippen LogP contribution in [0, 0.1) is 5.92 Å². The van der Waals surface area contributed by atoms with Crippen molar-refractivity contribution in [2.45, 2.75) is 39.3 Å². The summed E-state index contributed by atoms with van der Waals surface area (Å²) in [6.45, 7) is 4.12. The third-order valence-electron chi connectivity index (χ3n) is 2.90. The van der Waals surface area contributed by atoms with E-state index in [9.17, 15) is 23.2 Å². The Kier molecular flexibility index (Phi) is 5.95. The predicted octanol–water partition coefficient (Wildman–Crippen LogP) is 1.10. The summed E-state index contributed by atoms with van der Waals surface area (Å²) in [4.78, 5) is 38.5. The van der Waals surface area contributed by atoms with Gasteiger partial charge in [-0.15, -0.1) is 0 Å². The lowest BCUT2D eigenvalue weighted by Gasteiger charge is -2.26. The fraction of sp³-hybridized carbons (Fsp3) is 0.692. The van der Waals surface area contributed by atoms with Gasteiger partial charge in [0.15, 0.2) is 5.92 Å². The summed E-state index contributed by atoms with van der Waals surface area (Å²) in [5, 5.41) is 0. The molecule has 9 heteroatoms. The number of hydrogen-bond donors (Lipinski definition) is 0. The number of carbonyl (C=O) groups excluding carboxylic acids is 3. The number of esters is 3. The molecule has 0 saturated heterocycles. The van der Waals surface area contributed by atoms with E-state index < -0.39 is 42.4 Å². The molecule has 7 nitrogen and oxygen atoms in total. The zero-order valence-corrected chi connectivity index (χ0v) is 12.4. The van der Waals surface area contributed by atoms with Crippen LogP contribution in [0.1, 0.15) is 27.2 Å². The Hall–Kier alpha value is -2.06. The summed E-state index contributed by atoms with van der Waals surface area (Å²) in [6.07, 6.45) is -4.05. The van der Waals surface area contributed by atoms with Crippen molar-refractivity contribution in [3.63, 3.8) is 0 Å². The highest BCUT2D eigenvalue weighted by Crippen LogP contribution is 2.35. The Morgan fingerprint density at radius 1 is 1.23 bits per heavy atom. The Morgan fingerprint density at radius 2 is 1.73 bits per heavy atom. The molecule has 0 amide bonds. The summed E-state index contributed by atoms with van der Waals surface area (Å²) >= 11 is 0. The second-order valence-corrected chi connectivity index (χ2v) is 4.49. The number of aliphatic imine (C=N–C) groups is 1. The van der Waals surface area contributed by atoms with Gasteiger partial charge in [-0.1, -0.05) is 0 Å². The summed E-state index contributed by atoms with van der Waals surface area (Å²) in [5.74, 6) is -4.74. The molecular weight excluding hydrogens is 304 g/mol. The van der Waals surface area contributed by atoms with E-state index in [1.807, 2.05) is 0 Å². The molecule has 1 unspecified atom stereocenters. The molecular formula is C13H17F2NO6. The molecule has 0 saturated carbocycles. The van der Waals surface area contributed by atoms with Crippen molar-refractivity contribution >= 4 is 23.6 Å². The molecule has 124 valence electrons. The lowest BCUT2D eigenvalue weighted by Crippen LogP contribution is -2.43. The highest BCUT2D eigenvalue weighted by molar-refractivity contribution is 6.36. The molecule has 0 aromatic carbocycles. The SMILES string of the molecule is CCOC(=O)C(CC1(C(F)F)N=C(C)C(=O)O1)C(=O)OCC. The minimum atomic E-state index is -3.21. The van der Waals surface area contributed by atoms with Gasteiger partial charge >= 0.3 is 17.9 Å². The number of halogens is 2. The van der Waals surface area contributed by atoms with Crippen molar-refractivity contribution in [1.82, 2.24) is 0 Å². The van der Waals surface area contributed by atoms with Crippen LogP contribution >= 0.6 is 0 Å². The normalized spacial score (nSPS) is 20.9. The van der Waals surface area contributed by atoms with Crippen molar-refractivity contribution in [3.8, 4) is 0 Å². The fourth-order valence-corrected chi connectivity index (χ4v) is 1.90. The average Bonchev–Trinajstić information content (AvgIpc) is 2.73. The number of rotatable bonds is 7. The van der Waals surface area contributed by atoms with Crippen molar-refractivity contribution in [1.29, 1.82) is 0 Å². The highest BCUT2D eigenvalue weighted by atomic mass is 19.3. The fourth-order valence-electron chi connectivity index (χ4n) is 1.90. The second kappa shape index (κ2) is 7.28. The van der Waals surface area contributed by atoms with Gasteiger partial charge < -0.3 is 14.2 Å². The molecule has 22 heavy (non-hydrogen) atoms. The summed E-state index contributed by atoms with van der Waals surface area (Å²) in [6, 6.07) is 0. The third-order valence-corrected chi connectivity index (χ3v) is 2.90. The standard InChI is InChI=1S/C13H17F2NO6/c1-4-20-10(18)8(11(19)21-5-2)6-13(12(14)15)16-7(3)9(17)22-13/h8,12H,4-6H2,1-3H3. The van der Waals surface area contributed by atoms with Gasteiger partial charge in [-0.2, -0.15) is 0 Å². The topological polar surface area (TPSA) is 91.3 Å². The monoisotopic (exact) mass is 321 g/mol. The average molecular weight is 321 g/mol. The molecule has 0 aliphatic carbocycles. The zero-order chi connectivity index (χ0) is 16.9. The second-order valence-electron chi connectivity index (χ2n) is 4.49. The minimum absolute atomic E-state index is 0.0432. The van der Waals surface area contributed by atoms with E-state index in [-0.39, 0.29) is 18.9 Å². The zero-order valence-electron chi connectivity index (χ0n) is 12.4. The van der Waals surface area contributed by atoms with E-state index in [0.717, 1.165) is 0 Å². The minimum Gasteiger partial charge on any atom is -0.465 e. The van der Waals surface area contributed by atoms with E-state index in [4.69, 9.17) is 0 Å². The van der Waals surface area contributed by atoms with Gasteiger partial charge in [0.2, 0.25) is 0 Å². The van der Waals surface area contributed by atoms with Gasteiger partial charge in [-0.05, 0) is 20.8 Å². The molecule has 0 bridgehead atoms. The van der Waals surface area contributed by atoms with Gasteiger partial charge in [-0.25, -0.2) is 18.6 Å². The Balaban J connectivity index is 3.07. The van der Waals surface area contributed by atoms with Crippen LogP contribution in [0.15, 0.2) is 4.99 Å². The lowest BCUT2D eigenvalue weighted by molar-refractivity contribution is -0.179. The first-order chi connectivity index (χ1) is 10.3. The van der Waals surface area contributed by atoms with Crippen molar-refractivity contribution in [2.75, 3.05) is 13.2 Å². The quantitative estimate of drug-likeness (QED) is 0.396. The van der Waals surface area contributed by atoms with Gasteiger partial charge in [0, 0.05) is 6.42 Å². The van der Waals surface area contributed by atoms with Crippen molar-refractivity contribution in [2.24, 2.45) is 10.9 Å². The number of carbonyl (C=O) groups is 3. The van der Waals surface area contributed by atoms with E-state index in [1.54, 1.807) is 0 Å². The Bertz CT molecular complexity index is 475. The molecule has 1 heterocycles. The van der Waals surface area contributed by atoms with E-state index in [2.05, 4.69) is 19.2 Å². The summed E-state index contributed by atoms with van der Waals surface area (Å²) in [5.41, 5.74) is -2.84. The maximum absolute atomic E-state index is 13.3. The van der Waals surface area contributed by atoms with E-state index in [1.165, 1.54) is 20.8 Å². The first kappa shape index (κ1) is 18.0. The number of ether oxygens (including phenoxy) is 3. The molecule has 0 spiro atoms. The smallest absolute Gasteiger partial charge is 0.354 e. The molecule has 0 fully saturated rings. The molecule has 1 aliphatic rings. The first-order valence-corrected chi connectivity index (χ1v) is 6.68. The van der Waals surface area contributed by atoms with Crippen LogP contribution in [0.2, 0.25) is 0 Å². The van der Waals surface area contributed by atoms with Gasteiger partial charge in [-0.3, -0.25) is 9.59 Å². The lowest BCUT2D eigenvalue weighted by atomic mass is 9.97. The molecule has 1 rings (SSSR count). The third kappa shape index (κ3) is 3.77. The van der Waals surface area contributed by atoms with Crippen molar-refractivity contribution < 1.29 is 37.4 Å². The first-order valence-electron chi connectivity index (χ1n) is 6.68. The predicted molar refractivity (Wildman–Crippen MR) is 69.3 cm³/mol. The molecule has 0 N–H and O–H groups in total. The molecule has 0 aromatic heterocycles. The molecule has 1 atom stereocenters. The highest BCUT2D eigenvalue weighted by Gasteiger charge is 2.53. The number of nitrogens with zero attached hydrogens (tertiary/aromatic N) is 1. The summed E-state index contributed by atoms with van der Waals surface area (Å²) < 4.78 is 40.6. The summed E-state index contributed by atoms with van der Waals surface area (Å²) in [7, 11) is 0. The van der Waals surface area contributed by atoms with Crippen LogP contribution in [0.25, 0.3) is 0 Å². The van der Waals surface area contributed by atoms with Crippen LogP contribution < -0.4 is 0 Å². The van der Waals surface area contributed by atoms with Gasteiger partial charge in [0.25, 0.3) is 12.2 Å². The Morgan fingerprint density at radius 3 is 2.05 bits per heavy atom. The van der Waals surface area contributed by atoms with Crippen LogP contribution in [-0.4, -0.2) is 49.0 Å². The van der Waals surface area contributed by atoms with E-state index >= 15 is 0 Å². The maximum atomic E-state index is 13.3. The van der Waals surface area contributed by atoms with Gasteiger partial charge in [0.05, 0.1) is 13.2 Å². The number of alkyl halides is 2. The van der Waals surface area contributed by atoms with E-state index in [0.29, 0.717) is 0 Å². The van der Waals surface area contributed by atoms with Crippen LogP contribution in [-0.2, 0) is 28.6 Å². The number of cyclic esters (lactones) is 1. The molecule has 1 aliphatic heterocycles. The molecule has 0 radical (unpaired) electrons. The van der Waals surface area contributed by atoms with Crippen LogP contribution in [0.3, 0.4) is 0 Å². The number of hydrogen-bond acceptors (Lipinski definition) is 7. The largest absolute Gasteiger partial charge is 0.465 e. The Labute approximate surface area is 125 Å². The van der Waals surface area contributed by atoms with Gasteiger partial charge in [0.1, 0.15) is 5.71 Å². The van der Waals surface area contributed by atoms with Crippen LogP contribution in [0.5, 0.6) is 0 Å². The van der Waals surface area contributed by atoms with Crippen LogP contribution in [0.4, 0.5) is 8.78 Å². The van der Waals surface area contributed by atoms with Crippen molar-refractivity contribution in [3.05, 3.63) is 0 Å². The maximum Gasteiger partial charge on any atom is 0.354 e.